The van der Waals surface area contributed by atoms with Crippen molar-refractivity contribution in [3.05, 3.63) is 36.7 Å². The van der Waals surface area contributed by atoms with E-state index in [1.807, 2.05) is 0 Å². The predicted octanol–water partition coefficient (Wildman–Crippen LogP) is 0.0938. The van der Waals surface area contributed by atoms with Crippen molar-refractivity contribution in [2.45, 2.75) is 0 Å². The van der Waals surface area contributed by atoms with E-state index in [0.29, 0.717) is 12.0 Å². The van der Waals surface area contributed by atoms with E-state index in [4.69, 9.17) is 0 Å². The fourth-order valence-electron chi connectivity index (χ4n) is 0.521. The number of aromatic amines is 1. The molecule has 2 heterocycles. The topological polar surface area (TPSA) is 84.4 Å². The molecule has 2 rings (SSSR count). The van der Waals surface area contributed by atoms with Crippen molar-refractivity contribution in [1.82, 2.24) is 25.4 Å². The van der Waals surface area contributed by atoms with Gasteiger partial charge in [0.1, 0.15) is 12.0 Å². The average molecular weight is 177 g/mol. The van der Waals surface area contributed by atoms with Crippen molar-refractivity contribution < 1.29 is 4.79 Å². The van der Waals surface area contributed by atoms with Gasteiger partial charge in [0.05, 0.1) is 6.20 Å². The minimum absolute atomic E-state index is 0.333. The lowest BCUT2D eigenvalue weighted by molar-refractivity contribution is 0.111. The third-order valence-corrected chi connectivity index (χ3v) is 1.03. The predicted molar refractivity (Wildman–Crippen MR) is 43.8 cm³/mol. The van der Waals surface area contributed by atoms with Crippen molar-refractivity contribution in [3.63, 3.8) is 0 Å². The van der Waals surface area contributed by atoms with E-state index in [1.165, 1.54) is 12.5 Å². The molecular formula is C7H7N5O. The molecule has 0 aliphatic heterocycles. The number of aromatic nitrogens is 5. The number of nitrogens with one attached hydrogen (secondary N) is 1. The summed E-state index contributed by atoms with van der Waals surface area (Å²) in [6, 6.07) is 1.78. The van der Waals surface area contributed by atoms with Crippen LogP contribution in [0.5, 0.6) is 0 Å². The summed E-state index contributed by atoms with van der Waals surface area (Å²) >= 11 is 0. The Kier molecular flexibility index (Phi) is 3.82. The minimum Gasteiger partial charge on any atom is -0.296 e. The largest absolute Gasteiger partial charge is 0.296 e. The van der Waals surface area contributed by atoms with Crippen LogP contribution in [0.15, 0.2) is 31.0 Å². The lowest BCUT2D eigenvalue weighted by atomic mass is 10.6. The van der Waals surface area contributed by atoms with E-state index < -0.39 is 0 Å². The lowest BCUT2D eigenvalue weighted by Crippen LogP contribution is -1.75. The van der Waals surface area contributed by atoms with Gasteiger partial charge in [0.15, 0.2) is 6.29 Å². The molecule has 0 atom stereocenters. The molecule has 2 aromatic heterocycles. The van der Waals surface area contributed by atoms with E-state index in [2.05, 4.69) is 25.4 Å². The highest BCUT2D eigenvalue weighted by Gasteiger charge is 1.85. The fraction of sp³-hybridized carbons (Fsp3) is 0. The Bertz CT molecular complexity index is 293. The maximum Gasteiger partial charge on any atom is 0.171 e. The molecule has 0 radical (unpaired) electrons. The first kappa shape index (κ1) is 8.98. The first-order valence-corrected chi connectivity index (χ1v) is 3.45. The maximum absolute atomic E-state index is 9.75. The summed E-state index contributed by atoms with van der Waals surface area (Å²) in [6.07, 6.45) is 6.93. The highest BCUT2D eigenvalue weighted by Crippen LogP contribution is 1.76. The fourth-order valence-corrected chi connectivity index (χ4v) is 0.521. The van der Waals surface area contributed by atoms with Crippen molar-refractivity contribution in [1.29, 1.82) is 0 Å². The molecule has 6 heteroatoms. The quantitative estimate of drug-likeness (QED) is 0.624. The van der Waals surface area contributed by atoms with Crippen LogP contribution >= 0.6 is 0 Å². The van der Waals surface area contributed by atoms with Crippen molar-refractivity contribution >= 4 is 6.29 Å². The summed E-state index contributed by atoms with van der Waals surface area (Å²) in [4.78, 5) is 17.1. The van der Waals surface area contributed by atoms with Crippen LogP contribution in [0.25, 0.3) is 0 Å². The third-order valence-electron chi connectivity index (χ3n) is 1.03. The molecule has 1 N–H and O–H groups in total. The number of aldehydes is 1. The molecule has 6 nitrogen and oxygen atoms in total. The van der Waals surface area contributed by atoms with Gasteiger partial charge in [0.2, 0.25) is 0 Å². The summed E-state index contributed by atoms with van der Waals surface area (Å²) < 4.78 is 0. The molecule has 0 unspecified atom stereocenters. The number of rotatable bonds is 1. The molecule has 0 aliphatic carbocycles. The van der Waals surface area contributed by atoms with Gasteiger partial charge in [-0.25, -0.2) is 9.97 Å². The first-order chi connectivity index (χ1) is 6.43. The zero-order valence-electron chi connectivity index (χ0n) is 6.66. The Balaban J connectivity index is 0.000000132. The molecule has 0 amide bonds. The Morgan fingerprint density at radius 1 is 1.31 bits per heavy atom. The molecule has 2 aromatic rings. The molecule has 13 heavy (non-hydrogen) atoms. The zero-order valence-corrected chi connectivity index (χ0v) is 6.66. The molecule has 66 valence electrons. The number of H-pyrrole nitrogens is 1. The average Bonchev–Trinajstić information content (AvgIpc) is 2.74. The van der Waals surface area contributed by atoms with Gasteiger partial charge in [-0.3, -0.25) is 9.89 Å². The van der Waals surface area contributed by atoms with Gasteiger partial charge in [-0.1, -0.05) is 5.21 Å². The molecule has 0 spiro atoms. The molecule has 0 aliphatic rings. The normalized spacial score (nSPS) is 8.31. The molecule has 0 fully saturated rings. The number of carbonyl (C=O) groups is 1. The van der Waals surface area contributed by atoms with Crippen LogP contribution < -0.4 is 0 Å². The summed E-state index contributed by atoms with van der Waals surface area (Å²) in [7, 11) is 0. The first-order valence-electron chi connectivity index (χ1n) is 3.45. The Hall–Kier alpha value is -2.11. The lowest BCUT2D eigenvalue weighted by Gasteiger charge is -1.70. The molecule has 0 saturated heterocycles. The van der Waals surface area contributed by atoms with Crippen LogP contribution in [0.3, 0.4) is 0 Å². The van der Waals surface area contributed by atoms with E-state index in [0.717, 1.165) is 0 Å². The highest BCUT2D eigenvalue weighted by molar-refractivity contribution is 5.70. The summed E-state index contributed by atoms with van der Waals surface area (Å²) in [6.45, 7) is 0. The SMILES string of the molecule is O=Cc1c[nH]nn1.c1cncnc1. The minimum atomic E-state index is 0.333. The van der Waals surface area contributed by atoms with Gasteiger partial charge in [-0.15, -0.1) is 5.10 Å². The van der Waals surface area contributed by atoms with E-state index in [9.17, 15) is 4.79 Å². The van der Waals surface area contributed by atoms with Crippen LogP contribution in [0.2, 0.25) is 0 Å². The van der Waals surface area contributed by atoms with Crippen molar-refractivity contribution in [2.24, 2.45) is 0 Å². The summed E-state index contributed by atoms with van der Waals surface area (Å²) in [5.41, 5.74) is 0.333. The number of carbonyl (C=O) groups excluding carboxylic acids is 1. The Labute approximate surface area is 74.0 Å². The van der Waals surface area contributed by atoms with Gasteiger partial charge in [0.25, 0.3) is 0 Å². The summed E-state index contributed by atoms with van der Waals surface area (Å²) in [5.74, 6) is 0. The van der Waals surface area contributed by atoms with Crippen molar-refractivity contribution in [2.75, 3.05) is 0 Å². The molecule has 0 bridgehead atoms. The second-order valence-electron chi connectivity index (χ2n) is 1.92. The second-order valence-corrected chi connectivity index (χ2v) is 1.92. The standard InChI is InChI=1S/C4H4N2.C3H3N3O/c1-2-5-4-6-3-1;7-2-3-1-4-6-5-3/h1-4H;1-2H,(H,4,5,6). The van der Waals surface area contributed by atoms with E-state index >= 15 is 0 Å². The van der Waals surface area contributed by atoms with Crippen LogP contribution in [0.1, 0.15) is 10.5 Å². The van der Waals surface area contributed by atoms with Gasteiger partial charge in [0, 0.05) is 12.4 Å². The van der Waals surface area contributed by atoms with Crippen LogP contribution in [-0.4, -0.2) is 31.7 Å². The van der Waals surface area contributed by atoms with Gasteiger partial charge in [-0.2, -0.15) is 0 Å². The van der Waals surface area contributed by atoms with E-state index in [-0.39, 0.29) is 0 Å². The summed E-state index contributed by atoms with van der Waals surface area (Å²) in [5, 5.41) is 9.04. The second kappa shape index (κ2) is 5.53. The molecular weight excluding hydrogens is 170 g/mol. The Morgan fingerprint density at radius 2 is 2.08 bits per heavy atom. The van der Waals surface area contributed by atoms with Crippen LogP contribution in [0.4, 0.5) is 0 Å². The molecule has 0 saturated carbocycles. The van der Waals surface area contributed by atoms with Gasteiger partial charge < -0.3 is 0 Å². The number of hydrogen-bond donors (Lipinski definition) is 1. The van der Waals surface area contributed by atoms with Gasteiger partial charge in [-0.05, 0) is 6.07 Å². The van der Waals surface area contributed by atoms with Crippen molar-refractivity contribution in [3.8, 4) is 0 Å². The number of nitrogens with zero attached hydrogens (tertiary/aromatic N) is 4. The molecule has 0 aromatic carbocycles. The smallest absolute Gasteiger partial charge is 0.171 e. The Morgan fingerprint density at radius 3 is 2.31 bits per heavy atom. The van der Waals surface area contributed by atoms with E-state index in [1.54, 1.807) is 18.5 Å². The number of hydrogen-bond acceptors (Lipinski definition) is 5. The third kappa shape index (κ3) is 3.71. The zero-order chi connectivity index (χ0) is 9.36. The maximum atomic E-state index is 9.75. The van der Waals surface area contributed by atoms with Gasteiger partial charge >= 0.3 is 0 Å². The highest BCUT2D eigenvalue weighted by atomic mass is 16.1. The monoisotopic (exact) mass is 177 g/mol. The van der Waals surface area contributed by atoms with Crippen LogP contribution in [-0.2, 0) is 0 Å². The van der Waals surface area contributed by atoms with Crippen LogP contribution in [0, 0.1) is 0 Å².